The normalized spacial score (nSPS) is 27.3. The second-order valence-corrected chi connectivity index (χ2v) is 7.81. The molecule has 0 N–H and O–H groups in total. The van der Waals surface area contributed by atoms with E-state index in [1.54, 1.807) is 0 Å². The Balaban J connectivity index is 2.16. The summed E-state index contributed by atoms with van der Waals surface area (Å²) in [5, 5.41) is 0. The standard InChI is InChI=1S/C22H32O2/c1-16-8-6-9-17(2)12-13-21(22(4,5)24-18(3)23)15-20-14-19(20)11-7-10-16/h9-10,14-15,21H,6-8,11-13H2,1-5H3/b16-10-,17-9+,20-15?/t21-/m1/s1. The van der Waals surface area contributed by atoms with Gasteiger partial charge in [-0.15, -0.1) is 0 Å². The van der Waals surface area contributed by atoms with Crippen molar-refractivity contribution in [3.63, 3.8) is 0 Å². The highest BCUT2D eigenvalue weighted by Crippen LogP contribution is 2.38. The van der Waals surface area contributed by atoms with Crippen molar-refractivity contribution in [1.29, 1.82) is 0 Å². The second kappa shape index (κ2) is 8.00. The van der Waals surface area contributed by atoms with E-state index in [2.05, 4.69) is 38.2 Å². The molecular weight excluding hydrogens is 296 g/mol. The van der Waals surface area contributed by atoms with Crippen molar-refractivity contribution in [3.05, 3.63) is 46.6 Å². The summed E-state index contributed by atoms with van der Waals surface area (Å²) in [4.78, 5) is 11.5. The lowest BCUT2D eigenvalue weighted by atomic mass is 9.84. The van der Waals surface area contributed by atoms with Crippen molar-refractivity contribution in [2.75, 3.05) is 0 Å². The molecule has 0 heterocycles. The lowest BCUT2D eigenvalue weighted by molar-refractivity contribution is -0.157. The highest BCUT2D eigenvalue weighted by Gasteiger charge is 2.32. The SMILES string of the molecule is CC(=O)OC(C)(C)[C@H]1C=C2C=C2CC/C=C(/C)CC/C=C(\C)CC1. The Bertz CT molecular complexity index is 599. The molecule has 2 rings (SSSR count). The molecule has 0 aromatic rings. The quantitative estimate of drug-likeness (QED) is 0.455. The number of hydrogen-bond acceptors (Lipinski definition) is 2. The highest BCUT2D eigenvalue weighted by atomic mass is 16.6. The number of hydrogen-bond donors (Lipinski definition) is 0. The fourth-order valence-electron chi connectivity index (χ4n) is 3.43. The van der Waals surface area contributed by atoms with Crippen molar-refractivity contribution in [2.45, 2.75) is 78.7 Å². The van der Waals surface area contributed by atoms with E-state index < -0.39 is 5.60 Å². The molecule has 0 aliphatic heterocycles. The summed E-state index contributed by atoms with van der Waals surface area (Å²) < 4.78 is 5.63. The summed E-state index contributed by atoms with van der Waals surface area (Å²) in [5.74, 6) is 0.0448. The first-order valence-electron chi connectivity index (χ1n) is 9.21. The predicted molar refractivity (Wildman–Crippen MR) is 101 cm³/mol. The van der Waals surface area contributed by atoms with Crippen LogP contribution in [0.4, 0.5) is 0 Å². The predicted octanol–water partition coefficient (Wildman–Crippen LogP) is 6.06. The molecule has 0 fully saturated rings. The fraction of sp³-hybridized carbons (Fsp3) is 0.591. The first kappa shape index (κ1) is 18.8. The summed E-state index contributed by atoms with van der Waals surface area (Å²) in [7, 11) is 0. The summed E-state index contributed by atoms with van der Waals surface area (Å²) in [5.41, 5.74) is 5.30. The largest absolute Gasteiger partial charge is 0.459 e. The van der Waals surface area contributed by atoms with Gasteiger partial charge in [0.15, 0.2) is 0 Å². The average Bonchev–Trinajstić information content (AvgIpc) is 3.19. The van der Waals surface area contributed by atoms with Gasteiger partial charge in [-0.3, -0.25) is 4.79 Å². The van der Waals surface area contributed by atoms with Crippen LogP contribution >= 0.6 is 0 Å². The summed E-state index contributed by atoms with van der Waals surface area (Å²) in [6, 6.07) is 0. The molecule has 0 bridgehead atoms. The zero-order chi connectivity index (χ0) is 17.7. The Labute approximate surface area is 147 Å². The van der Waals surface area contributed by atoms with Crippen LogP contribution < -0.4 is 0 Å². The van der Waals surface area contributed by atoms with Crippen LogP contribution in [-0.2, 0) is 9.53 Å². The minimum atomic E-state index is -0.464. The van der Waals surface area contributed by atoms with E-state index >= 15 is 0 Å². The van der Waals surface area contributed by atoms with E-state index in [9.17, 15) is 4.79 Å². The van der Waals surface area contributed by atoms with Gasteiger partial charge in [0, 0.05) is 12.8 Å². The third-order valence-electron chi connectivity index (χ3n) is 5.09. The Hall–Kier alpha value is -1.57. The van der Waals surface area contributed by atoms with Gasteiger partial charge in [-0.25, -0.2) is 0 Å². The topological polar surface area (TPSA) is 26.3 Å². The lowest BCUT2D eigenvalue weighted by Gasteiger charge is -2.32. The van der Waals surface area contributed by atoms with Crippen molar-refractivity contribution in [2.24, 2.45) is 5.92 Å². The van der Waals surface area contributed by atoms with Gasteiger partial charge >= 0.3 is 5.97 Å². The van der Waals surface area contributed by atoms with Crippen LogP contribution in [0.3, 0.4) is 0 Å². The molecule has 0 aromatic carbocycles. The molecular formula is C22H32O2. The smallest absolute Gasteiger partial charge is 0.303 e. The Morgan fingerprint density at radius 3 is 2.38 bits per heavy atom. The van der Waals surface area contributed by atoms with E-state index in [0.29, 0.717) is 0 Å². The monoisotopic (exact) mass is 328 g/mol. The number of allylic oxidation sites excluding steroid dienone is 7. The van der Waals surface area contributed by atoms with E-state index in [1.165, 1.54) is 29.2 Å². The van der Waals surface area contributed by atoms with Gasteiger partial charge < -0.3 is 4.74 Å². The zero-order valence-corrected chi connectivity index (χ0v) is 15.9. The van der Waals surface area contributed by atoms with Crippen molar-refractivity contribution in [1.82, 2.24) is 0 Å². The van der Waals surface area contributed by atoms with Crippen LogP contribution in [0.2, 0.25) is 0 Å². The molecule has 0 radical (unpaired) electrons. The van der Waals surface area contributed by atoms with E-state index in [4.69, 9.17) is 4.74 Å². The molecule has 2 nitrogen and oxygen atoms in total. The van der Waals surface area contributed by atoms with Crippen LogP contribution in [0, 0.1) is 5.92 Å². The third-order valence-corrected chi connectivity index (χ3v) is 5.09. The van der Waals surface area contributed by atoms with Gasteiger partial charge in [0.05, 0.1) is 0 Å². The van der Waals surface area contributed by atoms with Crippen LogP contribution in [0.25, 0.3) is 0 Å². The van der Waals surface area contributed by atoms with E-state index in [-0.39, 0.29) is 11.9 Å². The number of carbonyl (C=O) groups is 1. The molecule has 24 heavy (non-hydrogen) atoms. The average molecular weight is 328 g/mol. The maximum Gasteiger partial charge on any atom is 0.303 e. The van der Waals surface area contributed by atoms with Crippen LogP contribution in [0.5, 0.6) is 0 Å². The minimum Gasteiger partial charge on any atom is -0.459 e. The first-order chi connectivity index (χ1) is 11.3. The molecule has 132 valence electrons. The van der Waals surface area contributed by atoms with Crippen LogP contribution in [0.1, 0.15) is 73.1 Å². The lowest BCUT2D eigenvalue weighted by Crippen LogP contribution is -2.35. The molecule has 0 saturated carbocycles. The molecule has 2 aliphatic rings. The molecule has 0 spiro atoms. The van der Waals surface area contributed by atoms with Crippen molar-refractivity contribution < 1.29 is 9.53 Å². The molecule has 0 aromatic heterocycles. The second-order valence-electron chi connectivity index (χ2n) is 7.81. The molecule has 0 saturated heterocycles. The Kier molecular flexibility index (Phi) is 6.26. The van der Waals surface area contributed by atoms with E-state index in [0.717, 1.165) is 38.5 Å². The third kappa shape index (κ3) is 5.81. The Morgan fingerprint density at radius 1 is 1.08 bits per heavy atom. The molecule has 1 atom stereocenters. The molecule has 0 unspecified atom stereocenters. The maximum atomic E-state index is 11.5. The van der Waals surface area contributed by atoms with Gasteiger partial charge in [0.1, 0.15) is 5.60 Å². The number of carbonyl (C=O) groups excluding carboxylic acids is 1. The molecule has 2 aliphatic carbocycles. The Morgan fingerprint density at radius 2 is 1.71 bits per heavy atom. The van der Waals surface area contributed by atoms with Gasteiger partial charge in [-0.05, 0) is 77.4 Å². The molecule has 2 heteroatoms. The summed E-state index contributed by atoms with van der Waals surface area (Å²) in [6.45, 7) is 10.0. The number of fused-ring (bicyclic) bond motifs is 1. The summed E-state index contributed by atoms with van der Waals surface area (Å²) >= 11 is 0. The number of esters is 1. The zero-order valence-electron chi connectivity index (χ0n) is 15.9. The molecule has 0 amide bonds. The summed E-state index contributed by atoms with van der Waals surface area (Å²) in [6.07, 6.45) is 15.9. The number of rotatable bonds is 2. The van der Waals surface area contributed by atoms with Crippen molar-refractivity contribution >= 4 is 5.97 Å². The van der Waals surface area contributed by atoms with Gasteiger partial charge in [0.25, 0.3) is 0 Å². The van der Waals surface area contributed by atoms with Gasteiger partial charge in [0.2, 0.25) is 0 Å². The van der Waals surface area contributed by atoms with Crippen LogP contribution in [0.15, 0.2) is 46.6 Å². The fourth-order valence-corrected chi connectivity index (χ4v) is 3.43. The maximum absolute atomic E-state index is 11.5. The first-order valence-corrected chi connectivity index (χ1v) is 9.21. The van der Waals surface area contributed by atoms with E-state index in [1.807, 2.05) is 13.8 Å². The number of ether oxygens (including phenoxy) is 1. The van der Waals surface area contributed by atoms with Gasteiger partial charge in [-0.1, -0.05) is 35.5 Å². The highest BCUT2D eigenvalue weighted by molar-refractivity contribution is 5.66. The minimum absolute atomic E-state index is 0.199. The van der Waals surface area contributed by atoms with Crippen LogP contribution in [-0.4, -0.2) is 11.6 Å². The van der Waals surface area contributed by atoms with Gasteiger partial charge in [-0.2, -0.15) is 0 Å². The van der Waals surface area contributed by atoms with Crippen molar-refractivity contribution in [3.8, 4) is 0 Å².